The predicted octanol–water partition coefficient (Wildman–Crippen LogP) is 10.4. The van der Waals surface area contributed by atoms with E-state index in [-0.39, 0.29) is 62.5 Å². The Kier molecular flexibility index (Phi) is 11.3. The number of nitrogen functional groups attached to an aromatic ring is 1. The van der Waals surface area contributed by atoms with Crippen LogP contribution in [-0.4, -0.2) is 55.0 Å². The number of rotatable bonds is 11. The van der Waals surface area contributed by atoms with E-state index < -0.39 is 22.9 Å². The zero-order valence-corrected chi connectivity index (χ0v) is 34.7. The van der Waals surface area contributed by atoms with Crippen LogP contribution in [0.2, 0.25) is 51.3 Å². The monoisotopic (exact) mass is 779 g/mol. The lowest BCUT2D eigenvalue weighted by Crippen LogP contribution is -2.48. The lowest BCUT2D eigenvalue weighted by Gasteiger charge is -2.40. The molecule has 4 aromatic rings. The number of nitrogens with two attached hydrogens (primary N) is 1. The van der Waals surface area contributed by atoms with Crippen LogP contribution in [0, 0.1) is 0 Å². The number of aromatic nitrogens is 4. The number of nitrogens with zero attached hydrogens (tertiary/aromatic N) is 4. The highest BCUT2D eigenvalue weighted by molar-refractivity contribution is 6.74. The smallest absolute Gasteiger partial charge is 0.306 e. The fourth-order valence-electron chi connectivity index (χ4n) is 5.02. The van der Waals surface area contributed by atoms with Crippen molar-refractivity contribution in [3.05, 3.63) is 63.1 Å². The topological polar surface area (TPSA) is 116 Å². The summed E-state index contributed by atoms with van der Waals surface area (Å²) in [4.78, 5) is 13.9. The highest BCUT2D eigenvalue weighted by Crippen LogP contribution is 2.46. The molecule has 2 N–H and O–H groups in total. The van der Waals surface area contributed by atoms with Crippen molar-refractivity contribution in [3.63, 3.8) is 0 Å². The molecule has 15 heteroatoms. The molecule has 50 heavy (non-hydrogen) atoms. The van der Waals surface area contributed by atoms with Gasteiger partial charge in [0.05, 0.1) is 22.8 Å². The van der Waals surface area contributed by atoms with Crippen molar-refractivity contribution in [2.75, 3.05) is 12.3 Å². The van der Waals surface area contributed by atoms with Crippen molar-refractivity contribution in [1.29, 1.82) is 0 Å². The lowest BCUT2D eigenvalue weighted by atomic mass is 10.2. The van der Waals surface area contributed by atoms with Gasteiger partial charge in [0.25, 0.3) is 0 Å². The molecule has 1 aliphatic rings. The molecule has 0 bridgehead atoms. The number of benzene rings is 2. The van der Waals surface area contributed by atoms with Gasteiger partial charge in [-0.1, -0.05) is 107 Å². The van der Waals surface area contributed by atoms with Crippen molar-refractivity contribution < 1.29 is 23.1 Å². The molecule has 0 radical (unpaired) electrons. The van der Waals surface area contributed by atoms with Crippen LogP contribution < -0.4 is 15.2 Å². The summed E-state index contributed by atoms with van der Waals surface area (Å²) in [6.45, 7) is 22.9. The van der Waals surface area contributed by atoms with Crippen LogP contribution in [0.25, 0.3) is 11.2 Å². The lowest BCUT2D eigenvalue weighted by molar-refractivity contribution is -0.0400. The van der Waals surface area contributed by atoms with Crippen molar-refractivity contribution in [3.8, 4) is 17.6 Å². The molecular weight excluding hydrogens is 733 g/mol. The van der Waals surface area contributed by atoms with E-state index in [4.69, 9.17) is 68.6 Å². The standard InChI is InChI=1S/C35H48Cl3N5O5Si2/c1-34(2,3)49(7,8)45-20-26-25(48-50(9,10)35(4,5)6)18-27(46-26)43-30-28(40-33(43)47-29-23(37)16-22(36)17-24(29)38)31(42-32(39)41-30)44-19-21-14-12-11-13-15-21/h11-17,25-27H,18-20H2,1-10H3,(H2,39,41,42)/t25-,26+,27+/m0/s1. The van der Waals surface area contributed by atoms with E-state index in [0.717, 1.165) is 5.56 Å². The summed E-state index contributed by atoms with van der Waals surface area (Å²) in [5.74, 6) is 0.366. The molecule has 2 aromatic carbocycles. The maximum atomic E-state index is 7.05. The van der Waals surface area contributed by atoms with Gasteiger partial charge in [0, 0.05) is 11.4 Å². The first kappa shape index (κ1) is 38.8. The Hall–Kier alpha value is -2.43. The van der Waals surface area contributed by atoms with Crippen LogP contribution >= 0.6 is 34.8 Å². The summed E-state index contributed by atoms with van der Waals surface area (Å²) >= 11 is 19.4. The molecule has 0 unspecified atom stereocenters. The fraction of sp³-hybridized carbons (Fsp3) is 0.514. The summed E-state index contributed by atoms with van der Waals surface area (Å²) in [5.41, 5.74) is 7.93. The average molecular weight is 781 g/mol. The first-order valence-electron chi connectivity index (χ1n) is 16.7. The predicted molar refractivity (Wildman–Crippen MR) is 206 cm³/mol. The minimum atomic E-state index is -2.24. The number of hydrogen-bond acceptors (Lipinski definition) is 9. The van der Waals surface area contributed by atoms with Gasteiger partial charge in [0.1, 0.15) is 18.9 Å². The molecule has 1 saturated heterocycles. The van der Waals surface area contributed by atoms with Gasteiger partial charge in [-0.3, -0.25) is 4.57 Å². The number of anilines is 1. The first-order chi connectivity index (χ1) is 23.2. The van der Waals surface area contributed by atoms with Gasteiger partial charge in [-0.25, -0.2) is 0 Å². The summed E-state index contributed by atoms with van der Waals surface area (Å²) in [5, 5.41) is 0.772. The zero-order valence-electron chi connectivity index (χ0n) is 30.4. The van der Waals surface area contributed by atoms with Crippen molar-refractivity contribution in [1.82, 2.24) is 19.5 Å². The molecule has 1 fully saturated rings. The fourth-order valence-corrected chi connectivity index (χ4v) is 8.28. The molecule has 5 rings (SSSR count). The van der Waals surface area contributed by atoms with Crippen LogP contribution in [0.15, 0.2) is 42.5 Å². The quantitative estimate of drug-likeness (QED) is 0.149. The number of fused-ring (bicyclic) bond motifs is 1. The Labute approximate surface area is 312 Å². The summed E-state index contributed by atoms with van der Waals surface area (Å²) in [6.07, 6.45) is -0.846. The van der Waals surface area contributed by atoms with Gasteiger partial charge < -0.3 is 28.8 Å². The van der Waals surface area contributed by atoms with Gasteiger partial charge in [0.2, 0.25) is 11.8 Å². The van der Waals surface area contributed by atoms with E-state index in [2.05, 4.69) is 77.7 Å². The molecule has 3 atom stereocenters. The Morgan fingerprint density at radius 1 is 0.900 bits per heavy atom. The second-order valence-corrected chi connectivity index (χ2v) is 26.6. The molecule has 0 saturated carbocycles. The third-order valence-electron chi connectivity index (χ3n) is 10.0. The van der Waals surface area contributed by atoms with E-state index >= 15 is 0 Å². The Bertz CT molecular complexity index is 1810. The van der Waals surface area contributed by atoms with Crippen molar-refractivity contribution in [2.45, 2.75) is 109 Å². The number of hydrogen-bond donors (Lipinski definition) is 1. The van der Waals surface area contributed by atoms with Crippen LogP contribution in [0.3, 0.4) is 0 Å². The molecule has 0 amide bonds. The highest BCUT2D eigenvalue weighted by Gasteiger charge is 2.47. The first-order valence-corrected chi connectivity index (χ1v) is 23.6. The number of ether oxygens (including phenoxy) is 3. The molecule has 1 aliphatic heterocycles. The molecular formula is C35H48Cl3N5O5Si2. The Morgan fingerprint density at radius 2 is 1.52 bits per heavy atom. The normalized spacial score (nSPS) is 18.9. The minimum Gasteiger partial charge on any atom is -0.471 e. The van der Waals surface area contributed by atoms with Crippen LogP contribution in [0.4, 0.5) is 5.95 Å². The van der Waals surface area contributed by atoms with E-state index in [9.17, 15) is 0 Å². The van der Waals surface area contributed by atoms with Crippen molar-refractivity contribution in [2.24, 2.45) is 0 Å². The van der Waals surface area contributed by atoms with Crippen molar-refractivity contribution >= 4 is 68.5 Å². The number of halogens is 3. The highest BCUT2D eigenvalue weighted by atomic mass is 35.5. The maximum absolute atomic E-state index is 7.05. The third-order valence-corrected chi connectivity index (χ3v) is 19.8. The van der Waals surface area contributed by atoms with E-state index in [0.29, 0.717) is 29.2 Å². The summed E-state index contributed by atoms with van der Waals surface area (Å²) < 4.78 is 35.0. The van der Waals surface area contributed by atoms with Crippen LogP contribution in [0.1, 0.15) is 59.8 Å². The van der Waals surface area contributed by atoms with Crippen LogP contribution in [0.5, 0.6) is 17.6 Å². The molecule has 272 valence electrons. The maximum Gasteiger partial charge on any atom is 0.306 e. The SMILES string of the molecule is CC(C)(C)[Si](C)(C)OC[C@H]1O[C@@H](n2c(Oc3c(Cl)cc(Cl)cc3Cl)nc3c(OCc4ccccc4)nc(N)nc32)C[C@@H]1O[Si](C)(C)C(C)(C)C. The second kappa shape index (κ2) is 14.5. The molecule has 0 spiro atoms. The second-order valence-electron chi connectivity index (χ2n) is 15.8. The minimum absolute atomic E-state index is 0.000648. The molecule has 3 heterocycles. The Morgan fingerprint density at radius 3 is 2.12 bits per heavy atom. The van der Waals surface area contributed by atoms with Gasteiger partial charge >= 0.3 is 6.01 Å². The molecule has 0 aliphatic carbocycles. The summed E-state index contributed by atoms with van der Waals surface area (Å²) in [6, 6.07) is 12.9. The van der Waals surface area contributed by atoms with Gasteiger partial charge in [-0.2, -0.15) is 15.0 Å². The third kappa shape index (κ3) is 8.44. The average Bonchev–Trinajstić information content (AvgIpc) is 3.55. The molecule has 2 aromatic heterocycles. The van der Waals surface area contributed by atoms with Crippen LogP contribution in [-0.2, 0) is 20.2 Å². The molecule has 10 nitrogen and oxygen atoms in total. The summed E-state index contributed by atoms with van der Waals surface area (Å²) in [7, 11) is -4.36. The van der Waals surface area contributed by atoms with Gasteiger partial charge in [0.15, 0.2) is 33.5 Å². The Balaban J connectivity index is 1.60. The van der Waals surface area contributed by atoms with Gasteiger partial charge in [-0.05, 0) is 54.0 Å². The zero-order chi connectivity index (χ0) is 36.8. The van der Waals surface area contributed by atoms with E-state index in [1.165, 1.54) is 0 Å². The largest absolute Gasteiger partial charge is 0.471 e. The van der Waals surface area contributed by atoms with Gasteiger partial charge in [-0.15, -0.1) is 0 Å². The van der Waals surface area contributed by atoms with E-state index in [1.807, 2.05) is 30.3 Å². The van der Waals surface area contributed by atoms with E-state index in [1.54, 1.807) is 16.7 Å². The number of imidazole rings is 1.